The maximum atomic E-state index is 13.0. The van der Waals surface area contributed by atoms with Crippen LogP contribution in [0.3, 0.4) is 0 Å². The van der Waals surface area contributed by atoms with Crippen molar-refractivity contribution in [3.8, 4) is 11.5 Å². The van der Waals surface area contributed by atoms with E-state index in [1.807, 2.05) is 45.0 Å². The molecule has 0 unspecified atom stereocenters. The number of benzene rings is 1. The van der Waals surface area contributed by atoms with E-state index in [2.05, 4.69) is 15.4 Å². The molecule has 1 amide bonds. The number of nitrogens with zero attached hydrogens (tertiary/aromatic N) is 1. The summed E-state index contributed by atoms with van der Waals surface area (Å²) in [6.07, 6.45) is 5.29. The summed E-state index contributed by atoms with van der Waals surface area (Å²) in [4.78, 5) is 28.3. The van der Waals surface area contributed by atoms with Gasteiger partial charge in [0.05, 0.1) is 5.52 Å². The number of hydrogen-bond donors (Lipinski definition) is 2. The average molecular weight is 403 g/mol. The van der Waals surface area contributed by atoms with E-state index in [-0.39, 0.29) is 11.5 Å². The van der Waals surface area contributed by atoms with Gasteiger partial charge in [0.2, 0.25) is 0 Å². The molecule has 4 aromatic rings. The van der Waals surface area contributed by atoms with Crippen LogP contribution in [-0.2, 0) is 0 Å². The quantitative estimate of drug-likeness (QED) is 0.529. The molecule has 0 aliphatic heterocycles. The van der Waals surface area contributed by atoms with E-state index in [1.54, 1.807) is 41.3 Å². The lowest BCUT2D eigenvalue weighted by Crippen LogP contribution is -2.20. The summed E-state index contributed by atoms with van der Waals surface area (Å²) < 4.78 is 7.56. The molecular weight excluding hydrogens is 380 g/mol. The van der Waals surface area contributed by atoms with Crippen molar-refractivity contribution in [3.05, 3.63) is 88.1 Å². The highest BCUT2D eigenvalue weighted by Crippen LogP contribution is 2.34. The Kier molecular flexibility index (Phi) is 5.10. The second kappa shape index (κ2) is 7.87. The van der Waals surface area contributed by atoms with Crippen molar-refractivity contribution in [1.82, 2.24) is 9.61 Å². The SMILES string of the molecule is Cc1cc(NC(=O)c2c(=O)[nH]n3ccccc23)c(C(C)C)cc1Oc1cc[nH+]cc1. The number of H-pyrrole nitrogens is 2. The number of nitrogens with one attached hydrogen (secondary N) is 3. The smallest absolute Gasteiger partial charge is 0.277 e. The van der Waals surface area contributed by atoms with Gasteiger partial charge < -0.3 is 10.1 Å². The predicted molar refractivity (Wildman–Crippen MR) is 114 cm³/mol. The van der Waals surface area contributed by atoms with Crippen LogP contribution in [0, 0.1) is 6.92 Å². The minimum absolute atomic E-state index is 0.0869. The van der Waals surface area contributed by atoms with Crippen molar-refractivity contribution in [3.63, 3.8) is 0 Å². The molecule has 0 fully saturated rings. The zero-order valence-electron chi connectivity index (χ0n) is 17.0. The standard InChI is InChI=1S/C23H22N4O3/c1-14(2)17-13-20(30-16-7-9-24-10-8-16)15(3)12-18(17)25-22(28)21-19-6-4-5-11-27(19)26-23(21)29/h4-14H,1-3H3,(H,25,28)(H,26,29)/p+1. The zero-order chi connectivity index (χ0) is 21.3. The van der Waals surface area contributed by atoms with E-state index < -0.39 is 11.5 Å². The van der Waals surface area contributed by atoms with E-state index in [0.29, 0.717) is 11.2 Å². The van der Waals surface area contributed by atoms with Gasteiger partial charge in [0.1, 0.15) is 17.1 Å². The fourth-order valence-electron chi connectivity index (χ4n) is 3.40. The number of aryl methyl sites for hydroxylation is 1. The van der Waals surface area contributed by atoms with Crippen LogP contribution in [0.2, 0.25) is 0 Å². The van der Waals surface area contributed by atoms with Gasteiger partial charge in [-0.2, -0.15) is 0 Å². The molecule has 0 spiro atoms. The molecule has 7 nitrogen and oxygen atoms in total. The maximum absolute atomic E-state index is 13.0. The fraction of sp³-hybridized carbons (Fsp3) is 0.174. The summed E-state index contributed by atoms with van der Waals surface area (Å²) in [5.74, 6) is 1.13. The number of carbonyl (C=O) groups is 1. The van der Waals surface area contributed by atoms with Crippen LogP contribution in [0.4, 0.5) is 5.69 Å². The molecule has 3 heterocycles. The summed E-state index contributed by atoms with van der Waals surface area (Å²) >= 11 is 0. The van der Waals surface area contributed by atoms with Crippen LogP contribution in [0.5, 0.6) is 11.5 Å². The van der Waals surface area contributed by atoms with Gasteiger partial charge in [-0.1, -0.05) is 19.9 Å². The summed E-state index contributed by atoms with van der Waals surface area (Å²) in [6.45, 7) is 6.01. The molecule has 0 atom stereocenters. The molecule has 3 N–H and O–H groups in total. The Balaban J connectivity index is 1.70. The average Bonchev–Trinajstić information content (AvgIpc) is 3.06. The van der Waals surface area contributed by atoms with Gasteiger partial charge >= 0.3 is 0 Å². The molecule has 4 rings (SSSR count). The third-order valence-electron chi connectivity index (χ3n) is 4.92. The highest BCUT2D eigenvalue weighted by Gasteiger charge is 2.20. The second-order valence-corrected chi connectivity index (χ2v) is 7.42. The number of amides is 1. The third kappa shape index (κ3) is 3.69. The molecule has 0 saturated heterocycles. The molecule has 152 valence electrons. The lowest BCUT2D eigenvalue weighted by Gasteiger charge is -2.18. The molecule has 7 heteroatoms. The number of anilines is 1. The van der Waals surface area contributed by atoms with Crippen molar-refractivity contribution < 1.29 is 14.5 Å². The molecule has 1 aromatic carbocycles. The Hall–Kier alpha value is -3.87. The number of fused-ring (bicyclic) bond motifs is 1. The lowest BCUT2D eigenvalue weighted by molar-refractivity contribution is -0.378. The molecule has 0 saturated carbocycles. The summed E-state index contributed by atoms with van der Waals surface area (Å²) in [6, 6.07) is 12.8. The first-order valence-electron chi connectivity index (χ1n) is 9.73. The number of aromatic amines is 2. The van der Waals surface area contributed by atoms with Gasteiger partial charge in [-0.05, 0) is 48.2 Å². The summed E-state index contributed by atoms with van der Waals surface area (Å²) in [7, 11) is 0. The first-order chi connectivity index (χ1) is 14.4. The highest BCUT2D eigenvalue weighted by molar-refractivity contribution is 6.09. The Morgan fingerprint density at radius 1 is 1.17 bits per heavy atom. The number of ether oxygens (including phenoxy) is 1. The van der Waals surface area contributed by atoms with Gasteiger partial charge in [0.25, 0.3) is 11.5 Å². The molecule has 0 bridgehead atoms. The van der Waals surface area contributed by atoms with Crippen molar-refractivity contribution >= 4 is 17.1 Å². The van der Waals surface area contributed by atoms with Crippen molar-refractivity contribution in [2.24, 2.45) is 0 Å². The van der Waals surface area contributed by atoms with Crippen molar-refractivity contribution in [2.45, 2.75) is 26.7 Å². The van der Waals surface area contributed by atoms with E-state index in [4.69, 9.17) is 4.74 Å². The topological polar surface area (TPSA) is 89.7 Å². The fourth-order valence-corrected chi connectivity index (χ4v) is 3.40. The molecule has 30 heavy (non-hydrogen) atoms. The van der Waals surface area contributed by atoms with E-state index >= 15 is 0 Å². The monoisotopic (exact) mass is 403 g/mol. The van der Waals surface area contributed by atoms with E-state index in [0.717, 1.165) is 22.6 Å². The lowest BCUT2D eigenvalue weighted by atomic mass is 9.98. The maximum Gasteiger partial charge on any atom is 0.277 e. The van der Waals surface area contributed by atoms with Gasteiger partial charge in [0, 0.05) is 24.0 Å². The van der Waals surface area contributed by atoms with Crippen LogP contribution in [0.25, 0.3) is 5.52 Å². The normalized spacial score (nSPS) is 11.1. The Labute approximate surface area is 173 Å². The molecule has 3 aromatic heterocycles. The van der Waals surface area contributed by atoms with Crippen LogP contribution in [-0.4, -0.2) is 15.5 Å². The van der Waals surface area contributed by atoms with Crippen molar-refractivity contribution in [2.75, 3.05) is 5.32 Å². The Bertz CT molecular complexity index is 1270. The molecule has 0 radical (unpaired) electrons. The van der Waals surface area contributed by atoms with Gasteiger partial charge in [-0.3, -0.25) is 19.2 Å². The highest BCUT2D eigenvalue weighted by atomic mass is 16.5. The molecular formula is C23H23N4O3+. The number of rotatable bonds is 5. The first kappa shape index (κ1) is 19.4. The summed E-state index contributed by atoms with van der Waals surface area (Å²) in [5.41, 5.74) is 2.65. The van der Waals surface area contributed by atoms with Gasteiger partial charge in [-0.15, -0.1) is 0 Å². The van der Waals surface area contributed by atoms with Crippen LogP contribution in [0.15, 0.2) is 65.8 Å². The summed E-state index contributed by atoms with van der Waals surface area (Å²) in [5, 5.41) is 5.58. The second-order valence-electron chi connectivity index (χ2n) is 7.42. The number of pyridine rings is 2. The molecule has 0 aliphatic carbocycles. The first-order valence-corrected chi connectivity index (χ1v) is 9.73. The van der Waals surface area contributed by atoms with Crippen LogP contribution >= 0.6 is 0 Å². The van der Waals surface area contributed by atoms with Crippen LogP contribution in [0.1, 0.15) is 41.3 Å². The van der Waals surface area contributed by atoms with Gasteiger partial charge in [-0.25, -0.2) is 4.98 Å². The van der Waals surface area contributed by atoms with Crippen LogP contribution < -0.4 is 20.6 Å². The number of hydrogen-bond acceptors (Lipinski definition) is 3. The number of carbonyl (C=O) groups excluding carboxylic acids is 1. The van der Waals surface area contributed by atoms with E-state index in [1.165, 1.54) is 0 Å². The minimum Gasteiger partial charge on any atom is -0.457 e. The predicted octanol–water partition coefficient (Wildman–Crippen LogP) is 3.92. The third-order valence-corrected chi connectivity index (χ3v) is 4.92. The zero-order valence-corrected chi connectivity index (χ0v) is 17.0. The Morgan fingerprint density at radius 2 is 1.93 bits per heavy atom. The Morgan fingerprint density at radius 3 is 2.67 bits per heavy atom. The largest absolute Gasteiger partial charge is 0.457 e. The van der Waals surface area contributed by atoms with E-state index in [9.17, 15) is 9.59 Å². The van der Waals surface area contributed by atoms with Gasteiger partial charge in [0.15, 0.2) is 12.4 Å². The molecule has 0 aliphatic rings. The van der Waals surface area contributed by atoms with Crippen molar-refractivity contribution in [1.29, 1.82) is 0 Å². The number of aromatic nitrogens is 3. The minimum atomic E-state index is -0.446.